The van der Waals surface area contributed by atoms with Crippen LogP contribution in [0.1, 0.15) is 40.8 Å². The van der Waals surface area contributed by atoms with E-state index in [4.69, 9.17) is 4.74 Å². The van der Waals surface area contributed by atoms with Gasteiger partial charge in [0.15, 0.2) is 0 Å². The molecule has 4 aromatic rings. The Morgan fingerprint density at radius 2 is 2.07 bits per heavy atom. The number of hydrogen-bond donors (Lipinski definition) is 1. The van der Waals surface area contributed by atoms with Crippen molar-refractivity contribution in [1.82, 2.24) is 25.0 Å². The molecule has 0 radical (unpaired) electrons. The van der Waals surface area contributed by atoms with Crippen LogP contribution in [0.2, 0.25) is 0 Å². The number of fused-ring (bicyclic) bond motifs is 1. The normalized spacial score (nSPS) is 12.1. The van der Waals surface area contributed by atoms with Gasteiger partial charge in [-0.05, 0) is 38.5 Å². The van der Waals surface area contributed by atoms with Crippen molar-refractivity contribution < 1.29 is 9.53 Å². The summed E-state index contributed by atoms with van der Waals surface area (Å²) in [6, 6.07) is 9.66. The maximum absolute atomic E-state index is 12.2. The molecule has 1 unspecified atom stereocenters. The van der Waals surface area contributed by atoms with Gasteiger partial charge in [0.1, 0.15) is 27.5 Å². The molecule has 0 aliphatic rings. The number of para-hydroxylation sites is 1. The lowest BCUT2D eigenvalue weighted by Gasteiger charge is -2.12. The van der Waals surface area contributed by atoms with E-state index < -0.39 is 0 Å². The average molecular weight is 408 g/mol. The van der Waals surface area contributed by atoms with Gasteiger partial charge in [-0.15, -0.1) is 16.4 Å². The summed E-state index contributed by atoms with van der Waals surface area (Å²) >= 11 is 1.31. The zero-order valence-corrected chi connectivity index (χ0v) is 17.1. The first-order valence-electron chi connectivity index (χ1n) is 9.24. The van der Waals surface area contributed by atoms with Crippen LogP contribution in [0.4, 0.5) is 5.82 Å². The maximum atomic E-state index is 12.2. The van der Waals surface area contributed by atoms with E-state index in [9.17, 15) is 4.79 Å². The van der Waals surface area contributed by atoms with E-state index in [-0.39, 0.29) is 12.0 Å². The van der Waals surface area contributed by atoms with Crippen LogP contribution < -0.4 is 5.32 Å². The molecule has 8 nitrogen and oxygen atoms in total. The summed E-state index contributed by atoms with van der Waals surface area (Å²) in [7, 11) is 0. The molecular weight excluding hydrogens is 388 g/mol. The Kier molecular flexibility index (Phi) is 5.22. The molecule has 148 valence electrons. The number of thiophene rings is 1. The fraction of sp³-hybridized carbons (Fsp3) is 0.250. The van der Waals surface area contributed by atoms with Crippen molar-refractivity contribution in [1.29, 1.82) is 0 Å². The minimum atomic E-state index is -0.335. The molecule has 4 rings (SSSR count). The number of ether oxygens (including phenoxy) is 1. The second kappa shape index (κ2) is 7.96. The predicted molar refractivity (Wildman–Crippen MR) is 112 cm³/mol. The van der Waals surface area contributed by atoms with Crippen molar-refractivity contribution in [3.05, 3.63) is 59.0 Å². The second-order valence-electron chi connectivity index (χ2n) is 6.47. The Labute approximate surface area is 171 Å². The quantitative estimate of drug-likeness (QED) is 0.483. The molecule has 0 bridgehead atoms. The van der Waals surface area contributed by atoms with Gasteiger partial charge in [-0.2, -0.15) is 0 Å². The van der Waals surface area contributed by atoms with Crippen molar-refractivity contribution in [3.63, 3.8) is 0 Å². The van der Waals surface area contributed by atoms with Gasteiger partial charge >= 0.3 is 5.97 Å². The molecule has 0 amide bonds. The topological polar surface area (TPSA) is 94.8 Å². The number of anilines is 1. The highest BCUT2D eigenvalue weighted by Gasteiger charge is 2.21. The zero-order chi connectivity index (χ0) is 20.4. The number of aromatic nitrogens is 5. The van der Waals surface area contributed by atoms with E-state index in [1.165, 1.54) is 17.7 Å². The lowest BCUT2D eigenvalue weighted by atomic mass is 10.2. The molecule has 3 heterocycles. The molecule has 0 fully saturated rings. The molecule has 0 aliphatic carbocycles. The van der Waals surface area contributed by atoms with Gasteiger partial charge < -0.3 is 10.1 Å². The van der Waals surface area contributed by atoms with Crippen LogP contribution >= 0.6 is 11.3 Å². The third kappa shape index (κ3) is 3.68. The number of esters is 1. The fourth-order valence-electron chi connectivity index (χ4n) is 3.03. The van der Waals surface area contributed by atoms with Crippen molar-refractivity contribution in [2.24, 2.45) is 0 Å². The lowest BCUT2D eigenvalue weighted by Crippen LogP contribution is -2.09. The van der Waals surface area contributed by atoms with E-state index in [1.807, 2.05) is 50.4 Å². The van der Waals surface area contributed by atoms with Crippen molar-refractivity contribution in [3.8, 4) is 5.69 Å². The Bertz CT molecular complexity index is 1150. The highest BCUT2D eigenvalue weighted by molar-refractivity contribution is 7.20. The van der Waals surface area contributed by atoms with Gasteiger partial charge in [0.25, 0.3) is 0 Å². The third-order valence-electron chi connectivity index (χ3n) is 4.52. The summed E-state index contributed by atoms with van der Waals surface area (Å²) in [5.41, 5.74) is 2.53. The number of hydrogen-bond acceptors (Lipinski definition) is 8. The standard InChI is InChI=1S/C20H20N6O2S/c1-4-28-20(27)17-12(2)16-18(21-11-22-19(16)29-17)23-13(3)15-10-26(25-24-15)14-8-6-5-7-9-14/h5-11,13H,4H2,1-3H3,(H,21,22,23). The SMILES string of the molecule is CCOC(=O)c1sc2ncnc(NC(C)c3cn(-c4ccccc4)nn3)c2c1C. The van der Waals surface area contributed by atoms with Crippen LogP contribution in [0.3, 0.4) is 0 Å². The van der Waals surface area contributed by atoms with Gasteiger partial charge in [0.2, 0.25) is 0 Å². The Morgan fingerprint density at radius 1 is 1.28 bits per heavy atom. The summed E-state index contributed by atoms with van der Waals surface area (Å²) < 4.78 is 6.89. The van der Waals surface area contributed by atoms with Gasteiger partial charge in [0.05, 0.1) is 29.9 Å². The van der Waals surface area contributed by atoms with Crippen molar-refractivity contribution in [2.45, 2.75) is 26.8 Å². The summed E-state index contributed by atoms with van der Waals surface area (Å²) in [6.07, 6.45) is 3.37. The van der Waals surface area contributed by atoms with Gasteiger partial charge in [-0.3, -0.25) is 0 Å². The summed E-state index contributed by atoms with van der Waals surface area (Å²) in [6.45, 7) is 5.99. The number of rotatable bonds is 6. The highest BCUT2D eigenvalue weighted by Crippen LogP contribution is 2.34. The minimum Gasteiger partial charge on any atom is -0.462 e. The first-order valence-corrected chi connectivity index (χ1v) is 10.1. The van der Waals surface area contributed by atoms with Gasteiger partial charge in [-0.1, -0.05) is 23.4 Å². The number of nitrogens with one attached hydrogen (secondary N) is 1. The van der Waals surface area contributed by atoms with Crippen LogP contribution in [0, 0.1) is 6.92 Å². The summed E-state index contributed by atoms with van der Waals surface area (Å²) in [5.74, 6) is 0.318. The van der Waals surface area contributed by atoms with Crippen LogP contribution in [0.5, 0.6) is 0 Å². The maximum Gasteiger partial charge on any atom is 0.348 e. The molecule has 3 aromatic heterocycles. The largest absolute Gasteiger partial charge is 0.462 e. The van der Waals surface area contributed by atoms with E-state index in [0.29, 0.717) is 17.3 Å². The number of aryl methyl sites for hydroxylation is 1. The average Bonchev–Trinajstić information content (AvgIpc) is 3.35. The molecule has 1 atom stereocenters. The highest BCUT2D eigenvalue weighted by atomic mass is 32.1. The van der Waals surface area contributed by atoms with Crippen LogP contribution in [0.15, 0.2) is 42.9 Å². The molecule has 1 N–H and O–H groups in total. The van der Waals surface area contributed by atoms with Crippen molar-refractivity contribution >= 4 is 33.3 Å². The molecule has 29 heavy (non-hydrogen) atoms. The van der Waals surface area contributed by atoms with Crippen molar-refractivity contribution in [2.75, 3.05) is 11.9 Å². The van der Waals surface area contributed by atoms with Gasteiger partial charge in [-0.25, -0.2) is 19.4 Å². The number of benzene rings is 1. The molecule has 1 aromatic carbocycles. The first-order chi connectivity index (χ1) is 14.1. The number of carbonyl (C=O) groups is 1. The van der Waals surface area contributed by atoms with Gasteiger partial charge in [0, 0.05) is 0 Å². The lowest BCUT2D eigenvalue weighted by molar-refractivity contribution is 0.0531. The third-order valence-corrected chi connectivity index (χ3v) is 5.70. The smallest absolute Gasteiger partial charge is 0.348 e. The first kappa shape index (κ1) is 19.0. The monoisotopic (exact) mass is 408 g/mol. The Morgan fingerprint density at radius 3 is 2.83 bits per heavy atom. The van der Waals surface area contributed by atoms with E-state index in [1.54, 1.807) is 11.6 Å². The molecule has 9 heteroatoms. The van der Waals surface area contributed by atoms with Crippen LogP contribution in [-0.4, -0.2) is 37.5 Å². The molecule has 0 saturated heterocycles. The van der Waals surface area contributed by atoms with Crippen LogP contribution in [-0.2, 0) is 4.74 Å². The number of nitrogens with zero attached hydrogens (tertiary/aromatic N) is 5. The molecule has 0 saturated carbocycles. The van der Waals surface area contributed by atoms with E-state index in [2.05, 4.69) is 25.6 Å². The second-order valence-corrected chi connectivity index (χ2v) is 7.47. The Hall–Kier alpha value is -3.33. The van der Waals surface area contributed by atoms with E-state index in [0.717, 1.165) is 27.2 Å². The predicted octanol–water partition coefficient (Wildman–Crippen LogP) is 3.93. The fourth-order valence-corrected chi connectivity index (χ4v) is 4.08. The number of carbonyl (C=O) groups excluding carboxylic acids is 1. The van der Waals surface area contributed by atoms with Crippen LogP contribution in [0.25, 0.3) is 15.9 Å². The summed E-state index contributed by atoms with van der Waals surface area (Å²) in [4.78, 5) is 22.2. The Balaban J connectivity index is 1.62. The summed E-state index contributed by atoms with van der Waals surface area (Å²) in [5, 5.41) is 12.7. The minimum absolute atomic E-state index is 0.143. The molecule has 0 aliphatic heterocycles. The zero-order valence-electron chi connectivity index (χ0n) is 16.3. The van der Waals surface area contributed by atoms with E-state index >= 15 is 0 Å². The molecule has 0 spiro atoms. The molecular formula is C20H20N6O2S.